The van der Waals surface area contributed by atoms with Crippen molar-refractivity contribution in [2.45, 2.75) is 6.92 Å². The number of rotatable bonds is 2. The Balaban J connectivity index is 2.15. The van der Waals surface area contributed by atoms with Crippen molar-refractivity contribution in [2.75, 3.05) is 0 Å². The number of hydrogen-bond donors (Lipinski definition) is 0. The first-order valence-corrected chi connectivity index (χ1v) is 6.72. The fourth-order valence-corrected chi connectivity index (χ4v) is 2.42. The van der Waals surface area contributed by atoms with Crippen LogP contribution in [0.25, 0.3) is 22.4 Å². The maximum atomic E-state index is 4.14. The molecule has 0 aliphatic heterocycles. The summed E-state index contributed by atoms with van der Waals surface area (Å²) in [5, 5.41) is 0. The highest BCUT2D eigenvalue weighted by Gasteiger charge is 2.10. The van der Waals surface area contributed by atoms with Gasteiger partial charge < -0.3 is 0 Å². The maximum Gasteiger partial charge on any atom is 0.286 e. The summed E-state index contributed by atoms with van der Waals surface area (Å²) >= 11 is 0. The van der Waals surface area contributed by atoms with Crippen LogP contribution >= 0.6 is 0 Å². The standard InChI is InChI=1S/C18H17N2/c1-14-8-9-16(15-6-4-3-5-7-15)12-17(14)18-10-11-19-13-20(18)2/h3-13H,1-2H3/q+1. The topological polar surface area (TPSA) is 16.8 Å². The monoisotopic (exact) mass is 261 g/mol. The van der Waals surface area contributed by atoms with Gasteiger partial charge in [-0.3, -0.25) is 0 Å². The van der Waals surface area contributed by atoms with E-state index in [4.69, 9.17) is 0 Å². The van der Waals surface area contributed by atoms with Crippen molar-refractivity contribution in [3.63, 3.8) is 0 Å². The number of aryl methyl sites for hydroxylation is 2. The van der Waals surface area contributed by atoms with E-state index in [2.05, 4.69) is 65.0 Å². The lowest BCUT2D eigenvalue weighted by Crippen LogP contribution is -2.31. The van der Waals surface area contributed by atoms with Gasteiger partial charge in [-0.1, -0.05) is 47.4 Å². The summed E-state index contributed by atoms with van der Waals surface area (Å²) in [7, 11) is 2.02. The predicted molar refractivity (Wildman–Crippen MR) is 81.0 cm³/mol. The summed E-state index contributed by atoms with van der Waals surface area (Å²) in [6.07, 6.45) is 3.67. The highest BCUT2D eigenvalue weighted by molar-refractivity contribution is 5.72. The van der Waals surface area contributed by atoms with E-state index in [0.717, 1.165) is 0 Å². The summed E-state index contributed by atoms with van der Waals surface area (Å²) in [4.78, 5) is 4.14. The molecule has 0 atom stereocenters. The largest absolute Gasteiger partial charge is 0.286 e. The molecule has 0 aliphatic rings. The summed E-state index contributed by atoms with van der Waals surface area (Å²) in [6, 6.07) is 19.1. The van der Waals surface area contributed by atoms with Crippen LogP contribution in [0.4, 0.5) is 0 Å². The third-order valence-corrected chi connectivity index (χ3v) is 3.56. The summed E-state index contributed by atoms with van der Waals surface area (Å²) in [6.45, 7) is 2.14. The van der Waals surface area contributed by atoms with Gasteiger partial charge in [0.05, 0.1) is 7.05 Å². The van der Waals surface area contributed by atoms with E-state index < -0.39 is 0 Å². The van der Waals surface area contributed by atoms with Gasteiger partial charge in [0, 0.05) is 11.6 Å². The molecule has 0 amide bonds. The molecule has 0 bridgehead atoms. The van der Waals surface area contributed by atoms with E-state index in [1.807, 2.05) is 25.6 Å². The lowest BCUT2D eigenvalue weighted by molar-refractivity contribution is -0.663. The van der Waals surface area contributed by atoms with Gasteiger partial charge in [0.1, 0.15) is 11.9 Å². The molecular weight excluding hydrogens is 244 g/mol. The van der Waals surface area contributed by atoms with Gasteiger partial charge >= 0.3 is 0 Å². The van der Waals surface area contributed by atoms with Crippen LogP contribution in [-0.2, 0) is 7.05 Å². The molecule has 0 aliphatic carbocycles. The molecular formula is C18H17N2+. The summed E-state index contributed by atoms with van der Waals surface area (Å²) < 4.78 is 2.05. The van der Waals surface area contributed by atoms with Gasteiger partial charge in [-0.05, 0) is 29.7 Å². The Morgan fingerprint density at radius 3 is 2.45 bits per heavy atom. The third kappa shape index (κ3) is 2.32. The van der Waals surface area contributed by atoms with Crippen molar-refractivity contribution >= 4 is 0 Å². The molecule has 2 aromatic carbocycles. The van der Waals surface area contributed by atoms with E-state index in [9.17, 15) is 0 Å². The molecule has 1 aromatic heterocycles. The third-order valence-electron chi connectivity index (χ3n) is 3.56. The van der Waals surface area contributed by atoms with Gasteiger partial charge in [0.25, 0.3) is 6.33 Å². The van der Waals surface area contributed by atoms with Crippen LogP contribution in [0.5, 0.6) is 0 Å². The molecule has 0 saturated carbocycles. The van der Waals surface area contributed by atoms with Crippen molar-refractivity contribution in [3.05, 3.63) is 72.7 Å². The molecule has 2 nitrogen and oxygen atoms in total. The minimum absolute atomic E-state index is 1.18. The Labute approximate surface area is 119 Å². The Morgan fingerprint density at radius 1 is 0.900 bits per heavy atom. The zero-order chi connectivity index (χ0) is 13.9. The van der Waals surface area contributed by atoms with Crippen LogP contribution in [-0.4, -0.2) is 4.98 Å². The smallest absolute Gasteiger partial charge is 0.233 e. The van der Waals surface area contributed by atoms with E-state index in [1.165, 1.54) is 27.9 Å². The molecule has 3 rings (SSSR count). The molecule has 98 valence electrons. The second kappa shape index (κ2) is 5.25. The SMILES string of the molecule is Cc1ccc(-c2ccccc2)cc1-c1ccnc[n+]1C. The van der Waals surface area contributed by atoms with Gasteiger partial charge in [-0.2, -0.15) is 0 Å². The van der Waals surface area contributed by atoms with Gasteiger partial charge in [0.2, 0.25) is 0 Å². The fourth-order valence-electron chi connectivity index (χ4n) is 2.42. The van der Waals surface area contributed by atoms with Gasteiger partial charge in [-0.25, -0.2) is 4.57 Å². The van der Waals surface area contributed by atoms with E-state index in [-0.39, 0.29) is 0 Å². The van der Waals surface area contributed by atoms with Gasteiger partial charge in [-0.15, -0.1) is 0 Å². The zero-order valence-electron chi connectivity index (χ0n) is 11.7. The quantitative estimate of drug-likeness (QED) is 0.645. The number of benzene rings is 2. The normalized spacial score (nSPS) is 10.5. The van der Waals surface area contributed by atoms with Crippen molar-refractivity contribution in [1.82, 2.24) is 4.98 Å². The molecule has 0 saturated heterocycles. The maximum absolute atomic E-state index is 4.14. The molecule has 2 heteroatoms. The molecule has 1 heterocycles. The lowest BCUT2D eigenvalue weighted by Gasteiger charge is -2.09. The van der Waals surface area contributed by atoms with Crippen LogP contribution in [0.3, 0.4) is 0 Å². The Hall–Kier alpha value is -2.48. The van der Waals surface area contributed by atoms with Crippen molar-refractivity contribution in [3.8, 4) is 22.4 Å². The van der Waals surface area contributed by atoms with Crippen molar-refractivity contribution in [2.24, 2.45) is 7.05 Å². The summed E-state index contributed by atoms with van der Waals surface area (Å²) in [5.74, 6) is 0. The minimum atomic E-state index is 1.18. The highest BCUT2D eigenvalue weighted by Crippen LogP contribution is 2.27. The minimum Gasteiger partial charge on any atom is -0.233 e. The Bertz CT molecular complexity index is 733. The first-order chi connectivity index (χ1) is 9.75. The predicted octanol–water partition coefficient (Wildman–Crippen LogP) is 3.55. The fraction of sp³-hybridized carbons (Fsp3) is 0.111. The van der Waals surface area contributed by atoms with E-state index in [0.29, 0.717) is 0 Å². The zero-order valence-corrected chi connectivity index (χ0v) is 11.7. The lowest BCUT2D eigenvalue weighted by atomic mass is 9.98. The van der Waals surface area contributed by atoms with Crippen LogP contribution in [0.1, 0.15) is 5.56 Å². The first kappa shape index (κ1) is 12.5. The second-order valence-corrected chi connectivity index (χ2v) is 4.97. The average Bonchev–Trinajstić information content (AvgIpc) is 2.49. The van der Waals surface area contributed by atoms with Crippen molar-refractivity contribution in [1.29, 1.82) is 0 Å². The molecule has 0 unspecified atom stereocenters. The number of hydrogen-bond acceptors (Lipinski definition) is 1. The molecule has 0 radical (unpaired) electrons. The van der Waals surface area contributed by atoms with Gasteiger partial charge in [0.15, 0.2) is 0 Å². The van der Waals surface area contributed by atoms with E-state index in [1.54, 1.807) is 0 Å². The first-order valence-electron chi connectivity index (χ1n) is 6.72. The van der Waals surface area contributed by atoms with E-state index >= 15 is 0 Å². The second-order valence-electron chi connectivity index (χ2n) is 4.97. The van der Waals surface area contributed by atoms with Crippen LogP contribution in [0.2, 0.25) is 0 Å². The Morgan fingerprint density at radius 2 is 1.70 bits per heavy atom. The number of nitrogens with zero attached hydrogens (tertiary/aromatic N) is 2. The molecule has 20 heavy (non-hydrogen) atoms. The molecule has 0 N–H and O–H groups in total. The van der Waals surface area contributed by atoms with Crippen LogP contribution in [0, 0.1) is 6.92 Å². The van der Waals surface area contributed by atoms with Crippen LogP contribution in [0.15, 0.2) is 67.1 Å². The highest BCUT2D eigenvalue weighted by atomic mass is 15.0. The molecule has 0 fully saturated rings. The molecule has 0 spiro atoms. The Kier molecular flexibility index (Phi) is 3.30. The van der Waals surface area contributed by atoms with Crippen LogP contribution < -0.4 is 4.57 Å². The van der Waals surface area contributed by atoms with Crippen molar-refractivity contribution < 1.29 is 4.57 Å². The average molecular weight is 261 g/mol. The molecule has 3 aromatic rings. The summed E-state index contributed by atoms with van der Waals surface area (Å²) in [5.41, 5.74) is 6.17. The number of aromatic nitrogens is 2.